The van der Waals surface area contributed by atoms with Gasteiger partial charge in [-0.15, -0.1) is 11.6 Å². The van der Waals surface area contributed by atoms with Crippen LogP contribution in [0, 0.1) is 22.0 Å². The fourth-order valence-corrected chi connectivity index (χ4v) is 0.975. The second-order valence-corrected chi connectivity index (χ2v) is 2.63. The summed E-state index contributed by atoms with van der Waals surface area (Å²) in [5.74, 6) is 4.72. The number of nitro groups is 1. The minimum atomic E-state index is -0.665. The molecule has 72 valence electrons. The van der Waals surface area contributed by atoms with Crippen molar-refractivity contribution in [1.82, 2.24) is 0 Å². The Kier molecular flexibility index (Phi) is 3.32. The predicted octanol–water partition coefficient (Wildman–Crippen LogP) is 1.89. The third-order valence-corrected chi connectivity index (χ3v) is 1.63. The molecule has 0 spiro atoms. The second-order valence-electron chi connectivity index (χ2n) is 2.37. The van der Waals surface area contributed by atoms with Gasteiger partial charge in [0.2, 0.25) is 5.75 Å². The van der Waals surface area contributed by atoms with E-state index in [1.54, 1.807) is 0 Å². The molecule has 0 unspecified atom stereocenters. The maximum atomic E-state index is 10.4. The Morgan fingerprint density at radius 1 is 1.57 bits per heavy atom. The van der Waals surface area contributed by atoms with Crippen LogP contribution in [0.25, 0.3) is 0 Å². The molecule has 1 aromatic rings. The van der Waals surface area contributed by atoms with E-state index in [1.807, 2.05) is 0 Å². The van der Waals surface area contributed by atoms with E-state index >= 15 is 0 Å². The van der Waals surface area contributed by atoms with Crippen LogP contribution in [0.5, 0.6) is 5.75 Å². The van der Waals surface area contributed by atoms with E-state index < -0.39 is 10.7 Å². The molecule has 0 amide bonds. The van der Waals surface area contributed by atoms with Gasteiger partial charge in [0.1, 0.15) is 0 Å². The summed E-state index contributed by atoms with van der Waals surface area (Å²) in [6.45, 7) is 0. The van der Waals surface area contributed by atoms with Crippen molar-refractivity contribution < 1.29 is 10.0 Å². The van der Waals surface area contributed by atoms with Crippen molar-refractivity contribution in [2.45, 2.75) is 0 Å². The molecule has 0 bridgehead atoms. The number of para-hydroxylation sites is 1. The molecule has 0 fully saturated rings. The van der Waals surface area contributed by atoms with Crippen LogP contribution in [-0.4, -0.2) is 15.9 Å². The van der Waals surface area contributed by atoms with Crippen LogP contribution in [0.1, 0.15) is 5.56 Å². The topological polar surface area (TPSA) is 63.4 Å². The van der Waals surface area contributed by atoms with Gasteiger partial charge in [-0.05, 0) is 6.07 Å². The summed E-state index contributed by atoms with van der Waals surface area (Å²) < 4.78 is 0. The maximum absolute atomic E-state index is 10.4. The highest BCUT2D eigenvalue weighted by Gasteiger charge is 2.14. The molecule has 0 atom stereocenters. The van der Waals surface area contributed by atoms with E-state index in [0.717, 1.165) is 0 Å². The van der Waals surface area contributed by atoms with Gasteiger partial charge >= 0.3 is 5.69 Å². The summed E-state index contributed by atoms with van der Waals surface area (Å²) in [6, 6.07) is 4.15. The molecule has 5 heteroatoms. The standard InChI is InChI=1S/C9H6ClNO3/c10-6-2-4-7-3-1-5-8(9(7)12)11(13)14/h1,3,5,12H,6H2. The van der Waals surface area contributed by atoms with Gasteiger partial charge in [0.25, 0.3) is 0 Å². The van der Waals surface area contributed by atoms with Crippen molar-refractivity contribution in [3.63, 3.8) is 0 Å². The molecule has 1 rings (SSSR count). The largest absolute Gasteiger partial charge is 0.501 e. The third kappa shape index (κ3) is 2.15. The van der Waals surface area contributed by atoms with E-state index in [9.17, 15) is 15.2 Å². The zero-order valence-corrected chi connectivity index (χ0v) is 7.78. The van der Waals surface area contributed by atoms with Crippen LogP contribution in [0.2, 0.25) is 0 Å². The Bertz CT molecular complexity index is 420. The van der Waals surface area contributed by atoms with Crippen LogP contribution in [0.15, 0.2) is 18.2 Å². The summed E-state index contributed by atoms with van der Waals surface area (Å²) >= 11 is 5.32. The number of hydrogen-bond acceptors (Lipinski definition) is 3. The predicted molar refractivity (Wildman–Crippen MR) is 52.4 cm³/mol. The summed E-state index contributed by atoms with van der Waals surface area (Å²) in [6.07, 6.45) is 0. The smallest absolute Gasteiger partial charge is 0.312 e. The first kappa shape index (κ1) is 10.4. The Balaban J connectivity index is 3.20. The minimum Gasteiger partial charge on any atom is -0.501 e. The van der Waals surface area contributed by atoms with Gasteiger partial charge in [-0.25, -0.2) is 0 Å². The Morgan fingerprint density at radius 2 is 2.29 bits per heavy atom. The van der Waals surface area contributed by atoms with Crippen molar-refractivity contribution >= 4 is 17.3 Å². The number of nitrogens with zero attached hydrogens (tertiary/aromatic N) is 1. The molecule has 0 saturated heterocycles. The molecule has 0 aliphatic rings. The highest BCUT2D eigenvalue weighted by Crippen LogP contribution is 2.28. The number of nitro benzene ring substituents is 1. The summed E-state index contributed by atoms with van der Waals surface area (Å²) in [7, 11) is 0. The van der Waals surface area contributed by atoms with Crippen LogP contribution in [0.3, 0.4) is 0 Å². The molecular formula is C9H6ClNO3. The summed E-state index contributed by atoms with van der Waals surface area (Å²) in [5, 5.41) is 19.8. The van der Waals surface area contributed by atoms with Gasteiger partial charge in [-0.1, -0.05) is 17.9 Å². The number of phenolic OH excluding ortho intramolecular Hbond substituents is 1. The lowest BCUT2D eigenvalue weighted by Crippen LogP contribution is -1.89. The van der Waals surface area contributed by atoms with Crippen LogP contribution >= 0.6 is 11.6 Å². The quantitative estimate of drug-likeness (QED) is 0.334. The van der Waals surface area contributed by atoms with Crippen molar-refractivity contribution in [3.05, 3.63) is 33.9 Å². The molecule has 14 heavy (non-hydrogen) atoms. The van der Waals surface area contributed by atoms with Crippen molar-refractivity contribution in [3.8, 4) is 17.6 Å². The molecule has 1 aromatic carbocycles. The molecule has 1 N–H and O–H groups in total. The second kappa shape index (κ2) is 4.49. The number of alkyl halides is 1. The van der Waals surface area contributed by atoms with E-state index in [1.165, 1.54) is 18.2 Å². The monoisotopic (exact) mass is 211 g/mol. The first-order valence-corrected chi connectivity index (χ1v) is 4.21. The number of hydrogen-bond donors (Lipinski definition) is 1. The molecule has 0 aromatic heterocycles. The fourth-order valence-electron chi connectivity index (χ4n) is 0.908. The SMILES string of the molecule is O=[N+]([O-])c1cccc(C#CCCl)c1O. The summed E-state index contributed by atoms with van der Waals surface area (Å²) in [5.41, 5.74) is -0.147. The first-order valence-electron chi connectivity index (χ1n) is 3.68. The van der Waals surface area contributed by atoms with Crippen molar-refractivity contribution in [1.29, 1.82) is 0 Å². The lowest BCUT2D eigenvalue weighted by atomic mass is 10.2. The molecule has 0 heterocycles. The van der Waals surface area contributed by atoms with E-state index in [2.05, 4.69) is 11.8 Å². The van der Waals surface area contributed by atoms with Crippen LogP contribution < -0.4 is 0 Å². The number of phenols is 1. The van der Waals surface area contributed by atoms with E-state index in [-0.39, 0.29) is 17.1 Å². The number of rotatable bonds is 1. The van der Waals surface area contributed by atoms with Crippen molar-refractivity contribution in [2.24, 2.45) is 0 Å². The normalized spacial score (nSPS) is 8.93. The average molecular weight is 212 g/mol. The Morgan fingerprint density at radius 3 is 2.86 bits per heavy atom. The third-order valence-electron chi connectivity index (χ3n) is 1.50. The Hall–Kier alpha value is -1.73. The molecule has 4 nitrogen and oxygen atoms in total. The molecular weight excluding hydrogens is 206 g/mol. The minimum absolute atomic E-state index is 0.113. The molecule has 0 saturated carbocycles. The van der Waals surface area contributed by atoms with Crippen LogP contribution in [0.4, 0.5) is 5.69 Å². The van der Waals surface area contributed by atoms with Gasteiger partial charge in [0.15, 0.2) is 0 Å². The lowest BCUT2D eigenvalue weighted by Gasteiger charge is -1.97. The van der Waals surface area contributed by atoms with Gasteiger partial charge in [0.05, 0.1) is 16.4 Å². The first-order chi connectivity index (χ1) is 6.66. The maximum Gasteiger partial charge on any atom is 0.312 e. The van der Waals surface area contributed by atoms with Gasteiger partial charge in [-0.3, -0.25) is 10.1 Å². The molecule has 0 radical (unpaired) electrons. The highest BCUT2D eigenvalue weighted by molar-refractivity contribution is 6.19. The zero-order valence-electron chi connectivity index (χ0n) is 7.03. The highest BCUT2D eigenvalue weighted by atomic mass is 35.5. The number of benzene rings is 1. The fraction of sp³-hybridized carbons (Fsp3) is 0.111. The average Bonchev–Trinajstić information content (AvgIpc) is 2.16. The van der Waals surface area contributed by atoms with Gasteiger partial charge < -0.3 is 5.11 Å². The van der Waals surface area contributed by atoms with Gasteiger partial charge in [0, 0.05) is 6.07 Å². The van der Waals surface area contributed by atoms with Gasteiger partial charge in [-0.2, -0.15) is 0 Å². The van der Waals surface area contributed by atoms with Crippen LogP contribution in [-0.2, 0) is 0 Å². The molecule has 0 aliphatic carbocycles. The number of aromatic hydroxyl groups is 1. The Labute approximate surface area is 85.3 Å². The summed E-state index contributed by atoms with van der Waals surface area (Å²) in [4.78, 5) is 9.75. The lowest BCUT2D eigenvalue weighted by molar-refractivity contribution is -0.385. The van der Waals surface area contributed by atoms with Crippen molar-refractivity contribution in [2.75, 3.05) is 5.88 Å². The van der Waals surface area contributed by atoms with E-state index in [4.69, 9.17) is 11.6 Å². The number of halogens is 1. The zero-order chi connectivity index (χ0) is 10.6. The molecule has 0 aliphatic heterocycles. The van der Waals surface area contributed by atoms with E-state index in [0.29, 0.717) is 0 Å².